The number of amidine groups is 1. The van der Waals surface area contributed by atoms with Crippen LogP contribution in [0.25, 0.3) is 0 Å². The average Bonchev–Trinajstić information content (AvgIpc) is 2.88. The summed E-state index contributed by atoms with van der Waals surface area (Å²) in [5.74, 6) is 0.443. The average molecular weight is 508 g/mol. The third kappa shape index (κ3) is 6.87. The molecular weight excluding hydrogens is 482 g/mol. The first-order chi connectivity index (χ1) is 17.0. The largest absolute Gasteiger partial charge is 0.497 e. The van der Waals surface area contributed by atoms with Crippen LogP contribution in [0.3, 0.4) is 0 Å². The zero-order chi connectivity index (χ0) is 24.6. The van der Waals surface area contributed by atoms with Gasteiger partial charge in [-0.3, -0.25) is 14.5 Å². The Kier molecular flexibility index (Phi) is 8.45. The highest BCUT2D eigenvalue weighted by molar-refractivity contribution is 8.15. The van der Waals surface area contributed by atoms with Gasteiger partial charge in [-0.25, -0.2) is 4.99 Å². The van der Waals surface area contributed by atoms with Crippen molar-refractivity contribution in [3.63, 3.8) is 0 Å². The predicted molar refractivity (Wildman–Crippen MR) is 141 cm³/mol. The van der Waals surface area contributed by atoms with Crippen LogP contribution >= 0.6 is 23.4 Å². The van der Waals surface area contributed by atoms with E-state index in [1.807, 2.05) is 54.6 Å². The van der Waals surface area contributed by atoms with Crippen LogP contribution in [0.2, 0.25) is 5.02 Å². The summed E-state index contributed by atoms with van der Waals surface area (Å²) >= 11 is 7.32. The van der Waals surface area contributed by atoms with Gasteiger partial charge in [0.2, 0.25) is 11.8 Å². The smallest absolute Gasteiger partial charge is 0.234 e. The molecule has 1 aliphatic heterocycles. The summed E-state index contributed by atoms with van der Waals surface area (Å²) in [6, 6.07) is 24.6. The van der Waals surface area contributed by atoms with E-state index in [-0.39, 0.29) is 18.2 Å². The monoisotopic (exact) mass is 507 g/mol. The SMILES string of the molecule is COc1ccc(CN2C(=O)CC(C(=O)NCCc3ccccc3)SC2=Nc2ccc(Cl)cc2)cc1. The molecule has 0 aromatic heterocycles. The number of nitrogens with zero attached hydrogens (tertiary/aromatic N) is 2. The maximum atomic E-state index is 13.2. The molecule has 6 nitrogen and oxygen atoms in total. The summed E-state index contributed by atoms with van der Waals surface area (Å²) in [5, 5.41) is 3.52. The van der Waals surface area contributed by atoms with Gasteiger partial charge in [-0.2, -0.15) is 0 Å². The van der Waals surface area contributed by atoms with Crippen molar-refractivity contribution in [1.29, 1.82) is 0 Å². The molecule has 3 aromatic carbocycles. The topological polar surface area (TPSA) is 71.0 Å². The first kappa shape index (κ1) is 24.8. The van der Waals surface area contributed by atoms with E-state index in [0.717, 1.165) is 23.3 Å². The molecule has 1 aliphatic rings. The first-order valence-electron chi connectivity index (χ1n) is 11.3. The number of rotatable bonds is 8. The molecule has 1 fully saturated rings. The van der Waals surface area contributed by atoms with Gasteiger partial charge in [-0.1, -0.05) is 65.8 Å². The number of hydrogen-bond acceptors (Lipinski definition) is 5. The number of halogens is 1. The van der Waals surface area contributed by atoms with Gasteiger partial charge in [-0.15, -0.1) is 0 Å². The van der Waals surface area contributed by atoms with Crippen molar-refractivity contribution >= 4 is 46.0 Å². The number of aliphatic imine (C=N–C) groups is 1. The van der Waals surface area contributed by atoms with Crippen LogP contribution in [0, 0.1) is 0 Å². The molecule has 0 aliphatic carbocycles. The fourth-order valence-electron chi connectivity index (χ4n) is 3.62. The Morgan fingerprint density at radius 1 is 1.06 bits per heavy atom. The lowest BCUT2D eigenvalue weighted by molar-refractivity contribution is -0.130. The van der Waals surface area contributed by atoms with Crippen molar-refractivity contribution in [2.24, 2.45) is 4.99 Å². The quantitative estimate of drug-likeness (QED) is 0.453. The van der Waals surface area contributed by atoms with E-state index in [1.165, 1.54) is 11.8 Å². The molecule has 1 atom stereocenters. The molecule has 1 heterocycles. The number of hydrogen-bond donors (Lipinski definition) is 1. The highest BCUT2D eigenvalue weighted by atomic mass is 35.5. The second kappa shape index (κ2) is 11.9. The summed E-state index contributed by atoms with van der Waals surface area (Å²) in [6.07, 6.45) is 0.838. The van der Waals surface area contributed by atoms with Crippen molar-refractivity contribution in [2.45, 2.75) is 24.6 Å². The van der Waals surface area contributed by atoms with Crippen LogP contribution in [0.15, 0.2) is 83.9 Å². The fraction of sp³-hybridized carbons (Fsp3) is 0.222. The molecule has 0 saturated carbocycles. The Bertz CT molecular complexity index is 1180. The Hall–Kier alpha value is -3.29. The second-order valence-electron chi connectivity index (χ2n) is 8.04. The van der Waals surface area contributed by atoms with Gasteiger partial charge in [0.25, 0.3) is 0 Å². The normalized spacial score (nSPS) is 16.9. The molecule has 0 spiro atoms. The van der Waals surface area contributed by atoms with E-state index in [9.17, 15) is 9.59 Å². The molecule has 4 rings (SSSR count). The first-order valence-corrected chi connectivity index (χ1v) is 12.5. The van der Waals surface area contributed by atoms with Gasteiger partial charge < -0.3 is 10.1 Å². The van der Waals surface area contributed by atoms with Crippen LogP contribution < -0.4 is 10.1 Å². The van der Waals surface area contributed by atoms with Crippen molar-refractivity contribution in [3.8, 4) is 5.75 Å². The van der Waals surface area contributed by atoms with E-state index in [1.54, 1.807) is 36.3 Å². The third-order valence-corrected chi connectivity index (χ3v) is 6.98. The molecule has 1 saturated heterocycles. The molecule has 3 aromatic rings. The summed E-state index contributed by atoms with van der Waals surface area (Å²) in [6.45, 7) is 0.859. The minimum atomic E-state index is -0.545. The standard InChI is InChI=1S/C27H26ClN3O3S/c1-34-23-13-7-20(8-14-23)18-31-25(32)17-24(26(33)29-16-15-19-5-3-2-4-6-19)35-27(31)30-22-11-9-21(28)10-12-22/h2-14,24H,15-18H2,1H3,(H,29,33). The lowest BCUT2D eigenvalue weighted by Crippen LogP contribution is -2.46. The number of carbonyl (C=O) groups is 2. The van der Waals surface area contributed by atoms with Crippen molar-refractivity contribution in [2.75, 3.05) is 13.7 Å². The molecule has 180 valence electrons. The number of amides is 2. The third-order valence-electron chi connectivity index (χ3n) is 5.54. The van der Waals surface area contributed by atoms with Crippen molar-refractivity contribution in [3.05, 3.63) is 95.0 Å². The van der Waals surface area contributed by atoms with Crippen LogP contribution in [-0.2, 0) is 22.6 Å². The Balaban J connectivity index is 1.49. The maximum absolute atomic E-state index is 13.2. The van der Waals surface area contributed by atoms with Gasteiger partial charge >= 0.3 is 0 Å². The second-order valence-corrected chi connectivity index (χ2v) is 9.64. The van der Waals surface area contributed by atoms with Crippen molar-refractivity contribution in [1.82, 2.24) is 10.2 Å². The summed E-state index contributed by atoms with van der Waals surface area (Å²) < 4.78 is 5.23. The molecule has 1 N–H and O–H groups in total. The Labute approximate surface area is 214 Å². The molecule has 1 unspecified atom stereocenters. The van der Waals surface area contributed by atoms with Gasteiger partial charge in [0, 0.05) is 18.0 Å². The van der Waals surface area contributed by atoms with Crippen LogP contribution in [0.5, 0.6) is 5.75 Å². The molecule has 35 heavy (non-hydrogen) atoms. The number of carbonyl (C=O) groups excluding carboxylic acids is 2. The molecule has 2 amide bonds. The van der Waals surface area contributed by atoms with Gasteiger partial charge in [0.15, 0.2) is 5.17 Å². The zero-order valence-corrected chi connectivity index (χ0v) is 20.9. The maximum Gasteiger partial charge on any atom is 0.234 e. The van der Waals surface area contributed by atoms with Crippen LogP contribution in [0.1, 0.15) is 17.5 Å². The highest BCUT2D eigenvalue weighted by Crippen LogP contribution is 2.31. The molecule has 0 radical (unpaired) electrons. The van der Waals surface area contributed by atoms with Gasteiger partial charge in [0.05, 0.1) is 24.6 Å². The van der Waals surface area contributed by atoms with E-state index < -0.39 is 5.25 Å². The number of thioether (sulfide) groups is 1. The molecule has 8 heteroatoms. The highest BCUT2D eigenvalue weighted by Gasteiger charge is 2.35. The van der Waals surface area contributed by atoms with Gasteiger partial charge in [0.1, 0.15) is 5.75 Å². The van der Waals surface area contributed by atoms with Crippen LogP contribution in [0.4, 0.5) is 5.69 Å². The summed E-state index contributed by atoms with van der Waals surface area (Å²) in [4.78, 5) is 32.5. The van der Waals surface area contributed by atoms with E-state index >= 15 is 0 Å². The van der Waals surface area contributed by atoms with E-state index in [2.05, 4.69) is 5.32 Å². The summed E-state index contributed by atoms with van der Waals surface area (Å²) in [7, 11) is 1.61. The lowest BCUT2D eigenvalue weighted by atomic mass is 10.1. The predicted octanol–water partition coefficient (Wildman–Crippen LogP) is 5.23. The molecular formula is C27H26ClN3O3S. The van der Waals surface area contributed by atoms with Gasteiger partial charge in [-0.05, 0) is 53.9 Å². The number of benzene rings is 3. The zero-order valence-electron chi connectivity index (χ0n) is 19.3. The molecule has 0 bridgehead atoms. The Morgan fingerprint density at radius 3 is 2.46 bits per heavy atom. The van der Waals surface area contributed by atoms with Crippen molar-refractivity contribution < 1.29 is 14.3 Å². The Morgan fingerprint density at radius 2 is 1.77 bits per heavy atom. The summed E-state index contributed by atoms with van der Waals surface area (Å²) in [5.41, 5.74) is 2.75. The minimum Gasteiger partial charge on any atom is -0.497 e. The minimum absolute atomic E-state index is 0.109. The lowest BCUT2D eigenvalue weighted by Gasteiger charge is -2.32. The van der Waals surface area contributed by atoms with E-state index in [0.29, 0.717) is 29.0 Å². The van der Waals surface area contributed by atoms with E-state index in [4.69, 9.17) is 21.3 Å². The fourth-order valence-corrected chi connectivity index (χ4v) is 4.87. The van der Waals surface area contributed by atoms with Crippen LogP contribution in [-0.4, -0.2) is 40.8 Å². The number of nitrogens with one attached hydrogen (secondary N) is 1. The number of ether oxygens (including phenoxy) is 1. The number of methoxy groups -OCH3 is 1.